The second kappa shape index (κ2) is 2.09. The molecule has 2 heteroatoms. The molecule has 0 saturated heterocycles. The number of fused-ring (bicyclic) bond motifs is 1. The zero-order valence-corrected chi connectivity index (χ0v) is 6.59. The van der Waals surface area contributed by atoms with E-state index < -0.39 is 0 Å². The highest BCUT2D eigenvalue weighted by atomic mass is 16.3. The smallest absolute Gasteiger partial charge is 0.226 e. The largest absolute Gasteiger partial charge is 0.446 e. The Kier molecular flexibility index (Phi) is 1.22. The van der Waals surface area contributed by atoms with Crippen LogP contribution in [0.2, 0.25) is 0 Å². The molecule has 2 aromatic heterocycles. The van der Waals surface area contributed by atoms with Crippen LogP contribution in [0.3, 0.4) is 0 Å². The molecule has 56 valence electrons. The van der Waals surface area contributed by atoms with Crippen LogP contribution in [0.4, 0.5) is 0 Å². The maximum absolute atomic E-state index is 5.22. The number of hydrogen-bond donors (Lipinski definition) is 0. The minimum atomic E-state index is 0.738. The van der Waals surface area contributed by atoms with Crippen molar-refractivity contribution >= 4 is 11.1 Å². The summed E-state index contributed by atoms with van der Waals surface area (Å²) in [6, 6.07) is 4.03. The highest BCUT2D eigenvalue weighted by Gasteiger charge is 2.01. The molecule has 0 amide bonds. The molecule has 0 saturated carbocycles. The summed E-state index contributed by atoms with van der Waals surface area (Å²) >= 11 is 0. The van der Waals surface area contributed by atoms with E-state index in [1.807, 2.05) is 26.0 Å². The fraction of sp³-hybridized carbons (Fsp3) is 0.222. The maximum atomic E-state index is 5.22. The van der Waals surface area contributed by atoms with Gasteiger partial charge in [0.15, 0.2) is 0 Å². The Morgan fingerprint density at radius 3 is 2.91 bits per heavy atom. The quantitative estimate of drug-likeness (QED) is 0.572. The predicted octanol–water partition coefficient (Wildman–Crippen LogP) is 2.44. The number of aromatic nitrogens is 1. The topological polar surface area (TPSA) is 26.0 Å². The van der Waals surface area contributed by atoms with E-state index in [1.165, 1.54) is 0 Å². The first-order valence-electron chi connectivity index (χ1n) is 3.59. The molecule has 0 atom stereocenters. The number of furan rings is 1. The number of rotatable bonds is 0. The van der Waals surface area contributed by atoms with Crippen LogP contribution in [-0.4, -0.2) is 4.98 Å². The average molecular weight is 147 g/mol. The van der Waals surface area contributed by atoms with E-state index in [0.717, 1.165) is 22.4 Å². The molecular formula is C9H9NO. The molecule has 0 N–H and O–H groups in total. The van der Waals surface area contributed by atoms with Crippen LogP contribution < -0.4 is 0 Å². The normalized spacial score (nSPS) is 10.7. The van der Waals surface area contributed by atoms with E-state index in [0.29, 0.717) is 0 Å². The molecule has 0 aromatic carbocycles. The van der Waals surface area contributed by atoms with Gasteiger partial charge in [-0.15, -0.1) is 0 Å². The van der Waals surface area contributed by atoms with Crippen LogP contribution in [0.1, 0.15) is 11.3 Å². The van der Waals surface area contributed by atoms with Crippen LogP contribution in [0.5, 0.6) is 0 Å². The molecule has 0 spiro atoms. The summed E-state index contributed by atoms with van der Waals surface area (Å²) < 4.78 is 5.22. The van der Waals surface area contributed by atoms with E-state index in [4.69, 9.17) is 4.42 Å². The monoisotopic (exact) mass is 147 g/mol. The average Bonchev–Trinajstić information content (AvgIpc) is 2.32. The number of nitrogens with zero attached hydrogens (tertiary/aromatic N) is 1. The Balaban J connectivity index is 2.86. The first-order chi connectivity index (χ1) is 5.27. The van der Waals surface area contributed by atoms with Gasteiger partial charge in [-0.3, -0.25) is 0 Å². The lowest BCUT2D eigenvalue weighted by Crippen LogP contribution is -1.78. The van der Waals surface area contributed by atoms with Crippen molar-refractivity contribution in [1.82, 2.24) is 4.98 Å². The summed E-state index contributed by atoms with van der Waals surface area (Å²) in [5.41, 5.74) is 2.88. The van der Waals surface area contributed by atoms with Crippen LogP contribution in [0.15, 0.2) is 22.8 Å². The van der Waals surface area contributed by atoms with Crippen LogP contribution in [0.25, 0.3) is 11.1 Å². The van der Waals surface area contributed by atoms with Crippen molar-refractivity contribution < 1.29 is 4.42 Å². The summed E-state index contributed by atoms with van der Waals surface area (Å²) in [5, 5.41) is 1.11. The minimum Gasteiger partial charge on any atom is -0.446 e. The third kappa shape index (κ3) is 0.909. The van der Waals surface area contributed by atoms with Gasteiger partial charge in [-0.1, -0.05) is 0 Å². The Bertz CT molecular complexity index is 389. The summed E-state index contributed by atoms with van der Waals surface area (Å²) in [6.07, 6.45) is 1.73. The molecule has 11 heavy (non-hydrogen) atoms. The van der Waals surface area contributed by atoms with Crippen molar-refractivity contribution in [1.29, 1.82) is 0 Å². The van der Waals surface area contributed by atoms with Gasteiger partial charge in [0.25, 0.3) is 0 Å². The van der Waals surface area contributed by atoms with Crippen LogP contribution in [0, 0.1) is 13.8 Å². The second-order valence-corrected chi connectivity index (χ2v) is 2.72. The standard InChI is InChI=1S/C9H9NO/c1-6-5-11-9-8(6)4-3-7(2)10-9/h3-5H,1-2H3. The van der Waals surface area contributed by atoms with Crippen LogP contribution in [-0.2, 0) is 0 Å². The maximum Gasteiger partial charge on any atom is 0.226 e. The molecule has 0 bridgehead atoms. The van der Waals surface area contributed by atoms with Gasteiger partial charge in [0.2, 0.25) is 5.71 Å². The van der Waals surface area contributed by atoms with Gasteiger partial charge in [-0.05, 0) is 31.5 Å². The second-order valence-electron chi connectivity index (χ2n) is 2.72. The summed E-state index contributed by atoms with van der Waals surface area (Å²) in [6.45, 7) is 3.97. The number of hydrogen-bond acceptors (Lipinski definition) is 2. The molecule has 0 aliphatic carbocycles. The van der Waals surface area contributed by atoms with Crippen molar-refractivity contribution in [2.24, 2.45) is 0 Å². The highest BCUT2D eigenvalue weighted by Crippen LogP contribution is 2.17. The van der Waals surface area contributed by atoms with Crippen molar-refractivity contribution in [2.75, 3.05) is 0 Å². The lowest BCUT2D eigenvalue weighted by atomic mass is 10.2. The summed E-state index contributed by atoms with van der Waals surface area (Å²) in [7, 11) is 0. The molecule has 2 nitrogen and oxygen atoms in total. The van der Waals surface area contributed by atoms with Crippen molar-refractivity contribution in [3.8, 4) is 0 Å². The van der Waals surface area contributed by atoms with Gasteiger partial charge in [0, 0.05) is 11.1 Å². The van der Waals surface area contributed by atoms with Gasteiger partial charge in [0.05, 0.1) is 6.26 Å². The molecule has 2 aromatic rings. The van der Waals surface area contributed by atoms with E-state index in [2.05, 4.69) is 4.98 Å². The highest BCUT2D eigenvalue weighted by molar-refractivity contribution is 5.77. The Labute approximate surface area is 64.9 Å². The molecule has 0 unspecified atom stereocenters. The first-order valence-corrected chi connectivity index (χ1v) is 3.59. The van der Waals surface area contributed by atoms with E-state index in [-0.39, 0.29) is 0 Å². The number of pyridine rings is 1. The van der Waals surface area contributed by atoms with E-state index >= 15 is 0 Å². The Morgan fingerprint density at radius 1 is 1.27 bits per heavy atom. The SMILES string of the molecule is Cc1ccc2c(C)coc2n1. The zero-order valence-electron chi connectivity index (χ0n) is 6.59. The first kappa shape index (κ1) is 6.40. The fourth-order valence-electron chi connectivity index (χ4n) is 1.13. The molecule has 2 rings (SSSR count). The Hall–Kier alpha value is -1.31. The van der Waals surface area contributed by atoms with E-state index in [9.17, 15) is 0 Å². The van der Waals surface area contributed by atoms with Gasteiger partial charge in [-0.25, -0.2) is 4.98 Å². The fourth-order valence-corrected chi connectivity index (χ4v) is 1.13. The summed E-state index contributed by atoms with van der Waals surface area (Å²) in [4.78, 5) is 4.23. The number of aryl methyl sites for hydroxylation is 2. The molecule has 0 radical (unpaired) electrons. The van der Waals surface area contributed by atoms with Crippen molar-refractivity contribution in [3.63, 3.8) is 0 Å². The van der Waals surface area contributed by atoms with Gasteiger partial charge in [-0.2, -0.15) is 0 Å². The Morgan fingerprint density at radius 2 is 2.09 bits per heavy atom. The van der Waals surface area contributed by atoms with Gasteiger partial charge < -0.3 is 4.42 Å². The van der Waals surface area contributed by atoms with Gasteiger partial charge >= 0.3 is 0 Å². The zero-order chi connectivity index (χ0) is 7.84. The molecule has 0 fully saturated rings. The molecular weight excluding hydrogens is 138 g/mol. The molecule has 0 aliphatic rings. The minimum absolute atomic E-state index is 0.738. The molecule has 0 aliphatic heterocycles. The lowest BCUT2D eigenvalue weighted by Gasteiger charge is -1.89. The predicted molar refractivity (Wildman–Crippen MR) is 43.5 cm³/mol. The third-order valence-corrected chi connectivity index (χ3v) is 1.77. The third-order valence-electron chi connectivity index (χ3n) is 1.77. The molecule has 2 heterocycles. The lowest BCUT2D eigenvalue weighted by molar-refractivity contribution is 0.599. The van der Waals surface area contributed by atoms with Gasteiger partial charge in [0.1, 0.15) is 0 Å². The van der Waals surface area contributed by atoms with E-state index in [1.54, 1.807) is 6.26 Å². The van der Waals surface area contributed by atoms with Crippen molar-refractivity contribution in [3.05, 3.63) is 29.7 Å². The van der Waals surface area contributed by atoms with Crippen molar-refractivity contribution in [2.45, 2.75) is 13.8 Å². The van der Waals surface area contributed by atoms with Crippen LogP contribution >= 0.6 is 0 Å². The summed E-state index contributed by atoms with van der Waals surface area (Å²) in [5.74, 6) is 0.